The quantitative estimate of drug-likeness (QED) is 0.833. The SMILES string of the molecule is COc1cc(Cl)c(CCCC(=O)O)cc1OC(C)C. The molecule has 0 unspecified atom stereocenters. The molecule has 1 aromatic rings. The van der Waals surface area contributed by atoms with Crippen molar-refractivity contribution in [2.24, 2.45) is 0 Å². The number of halogens is 1. The van der Waals surface area contributed by atoms with Gasteiger partial charge in [0.25, 0.3) is 0 Å². The van der Waals surface area contributed by atoms with Crippen LogP contribution in [0.25, 0.3) is 0 Å². The van der Waals surface area contributed by atoms with E-state index in [1.165, 1.54) is 0 Å². The number of methoxy groups -OCH3 is 1. The first kappa shape index (κ1) is 15.6. The molecule has 0 amide bonds. The molecule has 1 rings (SSSR count). The highest BCUT2D eigenvalue weighted by molar-refractivity contribution is 6.31. The molecule has 0 aromatic heterocycles. The largest absolute Gasteiger partial charge is 0.493 e. The Hall–Kier alpha value is -1.42. The van der Waals surface area contributed by atoms with Gasteiger partial charge in [-0.3, -0.25) is 4.79 Å². The summed E-state index contributed by atoms with van der Waals surface area (Å²) < 4.78 is 10.9. The zero-order valence-electron chi connectivity index (χ0n) is 11.4. The Kier molecular flexibility index (Phi) is 5.96. The van der Waals surface area contributed by atoms with Crippen LogP contribution in [0.3, 0.4) is 0 Å². The van der Waals surface area contributed by atoms with Gasteiger partial charge < -0.3 is 14.6 Å². The summed E-state index contributed by atoms with van der Waals surface area (Å²) >= 11 is 6.15. The Bertz CT molecular complexity index is 443. The summed E-state index contributed by atoms with van der Waals surface area (Å²) in [7, 11) is 1.56. The van der Waals surface area contributed by atoms with Gasteiger partial charge in [0.2, 0.25) is 0 Å². The lowest BCUT2D eigenvalue weighted by molar-refractivity contribution is -0.137. The number of carboxylic acids is 1. The average Bonchev–Trinajstić information content (AvgIpc) is 2.31. The number of rotatable bonds is 7. The van der Waals surface area contributed by atoms with Crippen molar-refractivity contribution in [2.45, 2.75) is 39.2 Å². The highest BCUT2D eigenvalue weighted by Crippen LogP contribution is 2.34. The van der Waals surface area contributed by atoms with Crippen LogP contribution in [0.2, 0.25) is 5.02 Å². The van der Waals surface area contributed by atoms with Crippen LogP contribution in [0.5, 0.6) is 11.5 Å². The summed E-state index contributed by atoms with van der Waals surface area (Å²) in [5.74, 6) is 0.413. The van der Waals surface area contributed by atoms with Crippen molar-refractivity contribution in [3.05, 3.63) is 22.7 Å². The minimum Gasteiger partial charge on any atom is -0.493 e. The minimum atomic E-state index is -0.803. The van der Waals surface area contributed by atoms with Gasteiger partial charge in [0.15, 0.2) is 11.5 Å². The monoisotopic (exact) mass is 286 g/mol. The molecule has 0 atom stereocenters. The topological polar surface area (TPSA) is 55.8 Å². The Morgan fingerprint density at radius 3 is 2.58 bits per heavy atom. The number of carboxylic acid groups (broad SMARTS) is 1. The van der Waals surface area contributed by atoms with Crippen LogP contribution >= 0.6 is 11.6 Å². The van der Waals surface area contributed by atoms with E-state index in [2.05, 4.69) is 0 Å². The van der Waals surface area contributed by atoms with Crippen LogP contribution in [0.4, 0.5) is 0 Å². The zero-order valence-corrected chi connectivity index (χ0v) is 12.2. The second kappa shape index (κ2) is 7.24. The van der Waals surface area contributed by atoms with Crippen molar-refractivity contribution in [1.29, 1.82) is 0 Å². The molecule has 0 saturated heterocycles. The summed E-state index contributed by atoms with van der Waals surface area (Å²) in [5, 5.41) is 9.21. The third-order valence-electron chi connectivity index (χ3n) is 2.53. The maximum Gasteiger partial charge on any atom is 0.303 e. The van der Waals surface area contributed by atoms with E-state index in [-0.39, 0.29) is 12.5 Å². The van der Waals surface area contributed by atoms with E-state index in [0.29, 0.717) is 29.4 Å². The highest BCUT2D eigenvalue weighted by atomic mass is 35.5. The molecular formula is C14H19ClO4. The van der Waals surface area contributed by atoms with Gasteiger partial charge in [-0.05, 0) is 38.3 Å². The third kappa shape index (κ3) is 4.99. The molecule has 0 aliphatic carbocycles. The van der Waals surface area contributed by atoms with E-state index in [9.17, 15) is 4.79 Å². The fourth-order valence-electron chi connectivity index (χ4n) is 1.70. The van der Waals surface area contributed by atoms with Gasteiger partial charge in [0.1, 0.15) is 0 Å². The normalized spacial score (nSPS) is 10.6. The van der Waals surface area contributed by atoms with Crippen molar-refractivity contribution in [3.63, 3.8) is 0 Å². The Morgan fingerprint density at radius 2 is 2.05 bits per heavy atom. The summed E-state index contributed by atoms with van der Waals surface area (Å²) in [4.78, 5) is 10.5. The first-order valence-corrected chi connectivity index (χ1v) is 6.56. The number of ether oxygens (including phenoxy) is 2. The maximum atomic E-state index is 10.5. The number of carbonyl (C=O) groups is 1. The van der Waals surface area contributed by atoms with Gasteiger partial charge in [0.05, 0.1) is 13.2 Å². The Morgan fingerprint density at radius 1 is 1.37 bits per heavy atom. The molecule has 0 aliphatic heterocycles. The molecular weight excluding hydrogens is 268 g/mol. The molecule has 0 bridgehead atoms. The molecule has 1 aromatic carbocycles. The standard InChI is InChI=1S/C14H19ClO4/c1-9(2)19-13-7-10(5-4-6-14(16)17)11(15)8-12(13)18-3/h7-9H,4-6H2,1-3H3,(H,16,17). The molecule has 5 heteroatoms. The molecule has 0 saturated carbocycles. The highest BCUT2D eigenvalue weighted by Gasteiger charge is 2.12. The van der Waals surface area contributed by atoms with Crippen molar-refractivity contribution < 1.29 is 19.4 Å². The van der Waals surface area contributed by atoms with Crippen LogP contribution in [0.1, 0.15) is 32.3 Å². The Labute approximate surface area is 118 Å². The van der Waals surface area contributed by atoms with E-state index in [0.717, 1.165) is 5.56 Å². The lowest BCUT2D eigenvalue weighted by atomic mass is 10.1. The number of aryl methyl sites for hydroxylation is 1. The van der Waals surface area contributed by atoms with Crippen molar-refractivity contribution in [3.8, 4) is 11.5 Å². The maximum absolute atomic E-state index is 10.5. The fourth-order valence-corrected chi connectivity index (χ4v) is 1.95. The summed E-state index contributed by atoms with van der Waals surface area (Å²) in [5.41, 5.74) is 0.874. The zero-order chi connectivity index (χ0) is 14.4. The van der Waals surface area contributed by atoms with Gasteiger partial charge in [-0.25, -0.2) is 0 Å². The van der Waals surface area contributed by atoms with E-state index >= 15 is 0 Å². The summed E-state index contributed by atoms with van der Waals surface area (Å²) in [6.07, 6.45) is 1.30. The molecule has 0 radical (unpaired) electrons. The molecule has 1 N–H and O–H groups in total. The van der Waals surface area contributed by atoms with Crippen LogP contribution in [0.15, 0.2) is 12.1 Å². The van der Waals surface area contributed by atoms with E-state index < -0.39 is 5.97 Å². The molecule has 0 spiro atoms. The Balaban J connectivity index is 2.88. The van der Waals surface area contributed by atoms with Crippen molar-refractivity contribution >= 4 is 17.6 Å². The second-order valence-corrected chi connectivity index (χ2v) is 4.92. The van der Waals surface area contributed by atoms with E-state index in [1.807, 2.05) is 19.9 Å². The molecule has 0 aliphatic rings. The van der Waals surface area contributed by atoms with E-state index in [4.69, 9.17) is 26.2 Å². The van der Waals surface area contributed by atoms with Gasteiger partial charge in [0, 0.05) is 17.5 Å². The lowest BCUT2D eigenvalue weighted by Gasteiger charge is -2.15. The van der Waals surface area contributed by atoms with Crippen molar-refractivity contribution in [1.82, 2.24) is 0 Å². The molecule has 0 heterocycles. The van der Waals surface area contributed by atoms with Gasteiger partial charge in [-0.2, -0.15) is 0 Å². The molecule has 19 heavy (non-hydrogen) atoms. The lowest BCUT2D eigenvalue weighted by Crippen LogP contribution is -2.07. The molecule has 4 nitrogen and oxygen atoms in total. The van der Waals surface area contributed by atoms with Crippen LogP contribution in [-0.4, -0.2) is 24.3 Å². The van der Waals surface area contributed by atoms with Crippen molar-refractivity contribution in [2.75, 3.05) is 7.11 Å². The second-order valence-electron chi connectivity index (χ2n) is 4.51. The summed E-state index contributed by atoms with van der Waals surface area (Å²) in [6.45, 7) is 3.86. The van der Waals surface area contributed by atoms with Gasteiger partial charge in [-0.15, -0.1) is 0 Å². The third-order valence-corrected chi connectivity index (χ3v) is 2.88. The van der Waals surface area contributed by atoms with Gasteiger partial charge >= 0.3 is 5.97 Å². The molecule has 106 valence electrons. The van der Waals surface area contributed by atoms with Crippen LogP contribution in [0, 0.1) is 0 Å². The first-order chi connectivity index (χ1) is 8.93. The minimum absolute atomic E-state index is 0.0296. The fraction of sp³-hybridized carbons (Fsp3) is 0.500. The molecule has 0 fully saturated rings. The van der Waals surface area contributed by atoms with Crippen LogP contribution in [-0.2, 0) is 11.2 Å². The van der Waals surface area contributed by atoms with E-state index in [1.54, 1.807) is 13.2 Å². The predicted molar refractivity (Wildman–Crippen MR) is 74.3 cm³/mol. The predicted octanol–water partition coefficient (Wildman–Crippen LogP) is 3.54. The number of aliphatic carboxylic acids is 1. The summed E-state index contributed by atoms with van der Waals surface area (Å²) in [6, 6.07) is 3.53. The average molecular weight is 287 g/mol. The smallest absolute Gasteiger partial charge is 0.303 e. The number of benzene rings is 1. The number of hydrogen-bond acceptors (Lipinski definition) is 3. The van der Waals surface area contributed by atoms with Gasteiger partial charge in [-0.1, -0.05) is 11.6 Å². The van der Waals surface area contributed by atoms with Crippen LogP contribution < -0.4 is 9.47 Å². The first-order valence-electron chi connectivity index (χ1n) is 6.19. The number of hydrogen-bond donors (Lipinski definition) is 1.